The van der Waals surface area contributed by atoms with Gasteiger partial charge < -0.3 is 30.7 Å². The highest BCUT2D eigenvalue weighted by Crippen LogP contribution is 2.33. The third-order valence-electron chi connectivity index (χ3n) is 5.70. The number of hydrogen-bond acceptors (Lipinski definition) is 9. The van der Waals surface area contributed by atoms with Gasteiger partial charge in [0.25, 0.3) is 0 Å². The first-order chi connectivity index (χ1) is 18.7. The summed E-state index contributed by atoms with van der Waals surface area (Å²) in [6, 6.07) is 17.6. The van der Waals surface area contributed by atoms with Gasteiger partial charge in [-0.1, -0.05) is 12.1 Å². The standard InChI is InChI=1S/C28H36N8O3/c1-19(17-35(2)3)39-23-14-11-21(16-24(23)38-5)26(33-22-12-9-20(10-13-22)27(29)30)28(32-18-37)34-36(4)25-8-6-7-15-31-25/h6-16,18-19,26,33H,17H2,1-5H3,(H3,29,30)(H,32,34,37). The van der Waals surface area contributed by atoms with Crippen LogP contribution in [-0.2, 0) is 4.79 Å². The van der Waals surface area contributed by atoms with E-state index in [-0.39, 0.29) is 11.9 Å². The Morgan fingerprint density at radius 2 is 1.87 bits per heavy atom. The van der Waals surface area contributed by atoms with Crippen LogP contribution in [0.15, 0.2) is 72.0 Å². The van der Waals surface area contributed by atoms with Gasteiger partial charge in [0.05, 0.1) is 7.11 Å². The summed E-state index contributed by atoms with van der Waals surface area (Å²) < 4.78 is 11.8. The Morgan fingerprint density at radius 3 is 2.46 bits per heavy atom. The van der Waals surface area contributed by atoms with Crippen molar-refractivity contribution in [1.82, 2.24) is 15.2 Å². The zero-order valence-electron chi connectivity index (χ0n) is 22.9. The quantitative estimate of drug-likeness (QED) is 0.114. The number of nitrogens with zero attached hydrogens (tertiary/aromatic N) is 4. The van der Waals surface area contributed by atoms with E-state index in [1.165, 1.54) is 0 Å². The van der Waals surface area contributed by atoms with Crippen LogP contribution in [0.5, 0.6) is 11.5 Å². The van der Waals surface area contributed by atoms with Gasteiger partial charge in [0, 0.05) is 31.0 Å². The molecule has 206 valence electrons. The summed E-state index contributed by atoms with van der Waals surface area (Å²) in [6.07, 6.45) is 2.19. The third kappa shape index (κ3) is 8.17. The number of ether oxygens (including phenoxy) is 2. The minimum atomic E-state index is -0.605. The number of amidine groups is 2. The normalized spacial score (nSPS) is 12.8. The highest BCUT2D eigenvalue weighted by Gasteiger charge is 2.23. The predicted molar refractivity (Wildman–Crippen MR) is 155 cm³/mol. The molecule has 1 aromatic heterocycles. The predicted octanol–water partition coefficient (Wildman–Crippen LogP) is 3.05. The van der Waals surface area contributed by atoms with Gasteiger partial charge in [-0.2, -0.15) is 5.10 Å². The summed E-state index contributed by atoms with van der Waals surface area (Å²) in [6.45, 7) is 2.74. The molecule has 11 heteroatoms. The number of nitrogen functional groups attached to an aromatic ring is 1. The number of likely N-dealkylation sites (N-methyl/N-ethyl adjacent to an activating group) is 1. The van der Waals surface area contributed by atoms with Crippen LogP contribution in [0.25, 0.3) is 0 Å². The van der Waals surface area contributed by atoms with Crippen molar-refractivity contribution < 1.29 is 14.3 Å². The second-order valence-corrected chi connectivity index (χ2v) is 9.13. The van der Waals surface area contributed by atoms with Crippen LogP contribution in [0.1, 0.15) is 24.1 Å². The number of rotatable bonds is 13. The van der Waals surface area contributed by atoms with E-state index in [9.17, 15) is 4.79 Å². The molecule has 11 nitrogen and oxygen atoms in total. The van der Waals surface area contributed by atoms with Crippen molar-refractivity contribution in [3.05, 3.63) is 78.0 Å². The number of benzene rings is 2. The minimum absolute atomic E-state index is 0.0243. The number of aromatic nitrogens is 1. The van der Waals surface area contributed by atoms with Gasteiger partial charge >= 0.3 is 0 Å². The fourth-order valence-corrected chi connectivity index (χ4v) is 3.94. The lowest BCUT2D eigenvalue weighted by Crippen LogP contribution is -2.35. The molecule has 0 aliphatic carbocycles. The number of hydrogen-bond donors (Lipinski definition) is 4. The Labute approximate surface area is 229 Å². The summed E-state index contributed by atoms with van der Waals surface area (Å²) in [5.74, 6) is 2.05. The number of hydrazone groups is 1. The van der Waals surface area contributed by atoms with Crippen LogP contribution in [0.4, 0.5) is 11.5 Å². The number of nitrogens with one attached hydrogen (secondary N) is 3. The van der Waals surface area contributed by atoms with Gasteiger partial charge in [-0.25, -0.2) is 9.99 Å². The molecule has 2 aromatic carbocycles. The van der Waals surface area contributed by atoms with Gasteiger partial charge in [0.15, 0.2) is 17.3 Å². The fourth-order valence-electron chi connectivity index (χ4n) is 3.94. The second kappa shape index (κ2) is 13.8. The first-order valence-corrected chi connectivity index (χ1v) is 12.4. The van der Waals surface area contributed by atoms with E-state index < -0.39 is 6.04 Å². The highest BCUT2D eigenvalue weighted by molar-refractivity contribution is 5.98. The van der Waals surface area contributed by atoms with Crippen molar-refractivity contribution in [2.45, 2.75) is 19.1 Å². The van der Waals surface area contributed by atoms with Gasteiger partial charge in [-0.3, -0.25) is 10.2 Å². The van der Waals surface area contributed by atoms with E-state index in [1.807, 2.05) is 69.6 Å². The number of amides is 1. The van der Waals surface area contributed by atoms with Crippen LogP contribution in [-0.4, -0.2) is 68.9 Å². The lowest BCUT2D eigenvalue weighted by Gasteiger charge is -2.25. The zero-order chi connectivity index (χ0) is 28.4. The molecule has 0 saturated carbocycles. The highest BCUT2D eigenvalue weighted by atomic mass is 16.5. The van der Waals surface area contributed by atoms with E-state index >= 15 is 0 Å². The smallest absolute Gasteiger partial charge is 0.212 e. The second-order valence-electron chi connectivity index (χ2n) is 9.13. The first kappa shape index (κ1) is 28.9. The molecule has 2 atom stereocenters. The lowest BCUT2D eigenvalue weighted by molar-refractivity contribution is -0.108. The number of carbonyl (C=O) groups excluding carboxylic acids is 1. The maximum Gasteiger partial charge on any atom is 0.212 e. The van der Waals surface area contributed by atoms with Gasteiger partial charge in [-0.15, -0.1) is 0 Å². The maximum atomic E-state index is 11.7. The molecule has 0 aliphatic heterocycles. The molecule has 0 bridgehead atoms. The van der Waals surface area contributed by atoms with Crippen molar-refractivity contribution in [3.8, 4) is 11.5 Å². The number of pyridine rings is 1. The minimum Gasteiger partial charge on any atom is -0.493 e. The molecule has 0 fully saturated rings. The third-order valence-corrected chi connectivity index (χ3v) is 5.70. The molecule has 5 N–H and O–H groups in total. The van der Waals surface area contributed by atoms with E-state index in [2.05, 4.69) is 25.6 Å². The van der Waals surface area contributed by atoms with E-state index in [0.29, 0.717) is 35.1 Å². The molecule has 1 heterocycles. The topological polar surface area (TPSA) is 141 Å². The fraction of sp³-hybridized carbons (Fsp3) is 0.286. The summed E-state index contributed by atoms with van der Waals surface area (Å²) in [5, 5.41) is 20.1. The van der Waals surface area contributed by atoms with Crippen LogP contribution in [0.3, 0.4) is 0 Å². The number of carbonyl (C=O) groups is 1. The molecule has 2 unspecified atom stereocenters. The van der Waals surface area contributed by atoms with Crippen LogP contribution in [0, 0.1) is 5.41 Å². The Kier molecular flexibility index (Phi) is 10.2. The molecule has 3 rings (SSSR count). The maximum absolute atomic E-state index is 11.7. The summed E-state index contributed by atoms with van der Waals surface area (Å²) in [7, 11) is 7.31. The average molecular weight is 533 g/mol. The number of anilines is 2. The van der Waals surface area contributed by atoms with Crippen LogP contribution < -0.4 is 30.8 Å². The van der Waals surface area contributed by atoms with Crippen molar-refractivity contribution >= 4 is 29.6 Å². The van der Waals surface area contributed by atoms with Crippen molar-refractivity contribution in [2.24, 2.45) is 10.8 Å². The number of nitrogens with two attached hydrogens (primary N) is 1. The van der Waals surface area contributed by atoms with E-state index in [1.54, 1.807) is 37.5 Å². The summed E-state index contributed by atoms with van der Waals surface area (Å²) in [5.41, 5.74) is 7.70. The molecule has 39 heavy (non-hydrogen) atoms. The van der Waals surface area contributed by atoms with Crippen LogP contribution >= 0.6 is 0 Å². The first-order valence-electron chi connectivity index (χ1n) is 12.4. The average Bonchev–Trinajstić information content (AvgIpc) is 2.92. The molecule has 0 radical (unpaired) electrons. The van der Waals surface area contributed by atoms with Crippen molar-refractivity contribution in [2.75, 3.05) is 45.1 Å². The number of methoxy groups -OCH3 is 1. The van der Waals surface area contributed by atoms with Crippen LogP contribution in [0.2, 0.25) is 0 Å². The SMILES string of the molecule is COc1cc(C(Nc2ccc(C(=N)N)cc2)/C(=N/N(C)c2ccccn2)NC=O)ccc1OC(C)CN(C)C. The van der Waals surface area contributed by atoms with Gasteiger partial charge in [-0.05, 0) is 75.1 Å². The lowest BCUT2D eigenvalue weighted by atomic mass is 10.0. The Balaban J connectivity index is 2.04. The molecule has 0 saturated heterocycles. The largest absolute Gasteiger partial charge is 0.493 e. The molecular weight excluding hydrogens is 496 g/mol. The molecular formula is C28H36N8O3. The zero-order valence-corrected chi connectivity index (χ0v) is 22.9. The summed E-state index contributed by atoms with van der Waals surface area (Å²) >= 11 is 0. The Hall–Kier alpha value is -4.64. The molecule has 0 spiro atoms. The van der Waals surface area contributed by atoms with E-state index in [4.69, 9.17) is 20.6 Å². The van der Waals surface area contributed by atoms with Gasteiger partial charge in [0.2, 0.25) is 6.41 Å². The van der Waals surface area contributed by atoms with Crippen molar-refractivity contribution in [3.63, 3.8) is 0 Å². The Bertz CT molecular complexity index is 1270. The van der Waals surface area contributed by atoms with Crippen molar-refractivity contribution in [1.29, 1.82) is 5.41 Å². The molecule has 1 amide bonds. The summed E-state index contributed by atoms with van der Waals surface area (Å²) in [4.78, 5) is 18.1. The van der Waals surface area contributed by atoms with E-state index in [0.717, 1.165) is 17.8 Å². The molecule has 3 aromatic rings. The Morgan fingerprint density at radius 1 is 1.13 bits per heavy atom. The monoisotopic (exact) mass is 532 g/mol. The van der Waals surface area contributed by atoms with Gasteiger partial charge in [0.1, 0.15) is 23.8 Å². The molecule has 0 aliphatic rings.